The van der Waals surface area contributed by atoms with Crippen molar-refractivity contribution < 1.29 is 27.8 Å². The lowest BCUT2D eigenvalue weighted by atomic mass is 10.00. The lowest BCUT2D eigenvalue weighted by molar-refractivity contribution is -0.192. The molecule has 0 amide bonds. The first kappa shape index (κ1) is 21.7. The number of rotatable bonds is 6. The highest BCUT2D eigenvalue weighted by Gasteiger charge is 2.38. The fraction of sp³-hybridized carbons (Fsp3) is 0.611. The molecule has 0 spiro atoms. The maximum atomic E-state index is 10.6. The normalized spacial score (nSPS) is 19.4. The number of hydrogen-bond donors (Lipinski definition) is 1. The SMILES string of the molecule is COCC1c2c(cnn2CC2CC2)CCN1Cc1nccs1.O=C(O)C(F)(F)F. The maximum Gasteiger partial charge on any atom is 0.490 e. The third kappa shape index (κ3) is 5.77. The minimum Gasteiger partial charge on any atom is -0.475 e. The second-order valence-electron chi connectivity index (χ2n) is 7.10. The van der Waals surface area contributed by atoms with Crippen LogP contribution in [0.4, 0.5) is 13.2 Å². The van der Waals surface area contributed by atoms with Gasteiger partial charge in [-0.15, -0.1) is 11.3 Å². The summed E-state index contributed by atoms with van der Waals surface area (Å²) in [6.45, 7) is 3.74. The number of aliphatic carboxylic acids is 1. The fourth-order valence-electron chi connectivity index (χ4n) is 3.33. The van der Waals surface area contributed by atoms with Crippen LogP contribution in [0, 0.1) is 5.92 Å². The van der Waals surface area contributed by atoms with Gasteiger partial charge in [-0.1, -0.05) is 0 Å². The molecule has 4 rings (SSSR count). The van der Waals surface area contributed by atoms with Crippen molar-refractivity contribution in [1.29, 1.82) is 0 Å². The Morgan fingerprint density at radius 3 is 2.69 bits per heavy atom. The maximum absolute atomic E-state index is 10.6. The molecule has 29 heavy (non-hydrogen) atoms. The Balaban J connectivity index is 0.000000298. The van der Waals surface area contributed by atoms with Crippen LogP contribution in [0.25, 0.3) is 0 Å². The average Bonchev–Trinajstić information content (AvgIpc) is 3.15. The number of nitrogens with zero attached hydrogens (tertiary/aromatic N) is 4. The zero-order valence-corrected chi connectivity index (χ0v) is 16.7. The molecule has 2 aromatic rings. The number of methoxy groups -OCH3 is 1. The van der Waals surface area contributed by atoms with Crippen LogP contribution in [-0.4, -0.2) is 57.2 Å². The predicted octanol–water partition coefficient (Wildman–Crippen LogP) is 3.13. The van der Waals surface area contributed by atoms with Crippen LogP contribution < -0.4 is 0 Å². The molecule has 0 bridgehead atoms. The molecule has 0 saturated heterocycles. The van der Waals surface area contributed by atoms with Crippen LogP contribution in [0.15, 0.2) is 17.8 Å². The number of carboxylic acids is 1. The minimum absolute atomic E-state index is 0.291. The summed E-state index contributed by atoms with van der Waals surface area (Å²) in [7, 11) is 1.79. The molecule has 7 nitrogen and oxygen atoms in total. The highest BCUT2D eigenvalue weighted by atomic mass is 32.1. The van der Waals surface area contributed by atoms with E-state index in [9.17, 15) is 13.2 Å². The van der Waals surface area contributed by atoms with Crippen molar-refractivity contribution in [1.82, 2.24) is 19.7 Å². The molecule has 1 unspecified atom stereocenters. The van der Waals surface area contributed by atoms with E-state index in [1.54, 1.807) is 18.4 Å². The van der Waals surface area contributed by atoms with Gasteiger partial charge in [0.15, 0.2) is 0 Å². The van der Waals surface area contributed by atoms with E-state index in [1.807, 2.05) is 11.6 Å². The molecule has 3 heterocycles. The van der Waals surface area contributed by atoms with Crippen LogP contribution in [0.3, 0.4) is 0 Å². The molecule has 2 aromatic heterocycles. The van der Waals surface area contributed by atoms with Gasteiger partial charge in [0.1, 0.15) is 5.01 Å². The summed E-state index contributed by atoms with van der Waals surface area (Å²) in [6.07, 6.45) is 2.66. The van der Waals surface area contributed by atoms with Gasteiger partial charge in [-0.05, 0) is 30.7 Å². The first-order chi connectivity index (χ1) is 13.8. The van der Waals surface area contributed by atoms with Gasteiger partial charge < -0.3 is 9.84 Å². The number of aromatic nitrogens is 3. The van der Waals surface area contributed by atoms with Crippen LogP contribution in [0.1, 0.15) is 35.1 Å². The van der Waals surface area contributed by atoms with Gasteiger partial charge in [0.05, 0.1) is 31.1 Å². The Bertz CT molecular complexity index is 806. The smallest absolute Gasteiger partial charge is 0.475 e. The van der Waals surface area contributed by atoms with Crippen molar-refractivity contribution >= 4 is 17.3 Å². The second-order valence-corrected chi connectivity index (χ2v) is 8.08. The van der Waals surface area contributed by atoms with Gasteiger partial charge >= 0.3 is 12.1 Å². The highest BCUT2D eigenvalue weighted by Crippen LogP contribution is 2.35. The van der Waals surface area contributed by atoms with Crippen LogP contribution >= 0.6 is 11.3 Å². The molecule has 0 aromatic carbocycles. The molecule has 11 heteroatoms. The molecule has 0 radical (unpaired) electrons. The molecular formula is C18H23F3N4O3S. The summed E-state index contributed by atoms with van der Waals surface area (Å²) < 4.78 is 39.5. The Kier molecular flexibility index (Phi) is 6.91. The van der Waals surface area contributed by atoms with Crippen molar-refractivity contribution in [3.63, 3.8) is 0 Å². The van der Waals surface area contributed by atoms with Gasteiger partial charge in [-0.25, -0.2) is 9.78 Å². The number of halogens is 3. The highest BCUT2D eigenvalue weighted by molar-refractivity contribution is 7.09. The quantitative estimate of drug-likeness (QED) is 0.756. The molecule has 160 valence electrons. The number of alkyl halides is 3. The molecule has 1 fully saturated rings. The van der Waals surface area contributed by atoms with Gasteiger partial charge in [0.2, 0.25) is 0 Å². The van der Waals surface area contributed by atoms with E-state index in [4.69, 9.17) is 14.6 Å². The second kappa shape index (κ2) is 9.23. The summed E-state index contributed by atoms with van der Waals surface area (Å²) in [4.78, 5) is 15.8. The van der Waals surface area contributed by atoms with E-state index in [-0.39, 0.29) is 0 Å². The average molecular weight is 432 g/mol. The monoisotopic (exact) mass is 432 g/mol. The zero-order valence-electron chi connectivity index (χ0n) is 15.9. The summed E-state index contributed by atoms with van der Waals surface area (Å²) in [5, 5.41) is 15.0. The Hall–Kier alpha value is -1.98. The van der Waals surface area contributed by atoms with Crippen LogP contribution in [-0.2, 0) is 29.0 Å². The van der Waals surface area contributed by atoms with Crippen LogP contribution in [0.5, 0.6) is 0 Å². The number of fused-ring (bicyclic) bond motifs is 1. The van der Waals surface area contributed by atoms with Gasteiger partial charge in [0, 0.05) is 31.8 Å². The van der Waals surface area contributed by atoms with E-state index in [2.05, 4.69) is 25.9 Å². The number of carbonyl (C=O) groups is 1. The van der Waals surface area contributed by atoms with Crippen molar-refractivity contribution in [2.75, 3.05) is 20.3 Å². The Morgan fingerprint density at radius 1 is 1.41 bits per heavy atom. The summed E-state index contributed by atoms with van der Waals surface area (Å²) in [5.41, 5.74) is 2.77. The molecule has 1 aliphatic heterocycles. The summed E-state index contributed by atoms with van der Waals surface area (Å²) in [5.74, 6) is -1.92. The molecule has 1 N–H and O–H groups in total. The standard InChI is InChI=1S/C16H22N4OS.C2HF3O2/c1-21-11-14-16-13(8-18-20(16)9-12-2-3-12)4-6-19(14)10-15-17-5-7-22-15;3-2(4,5)1(6)7/h5,7-8,12,14H,2-4,6,9-11H2,1H3;(H,6,7). The Morgan fingerprint density at radius 2 is 2.14 bits per heavy atom. The topological polar surface area (TPSA) is 80.5 Å². The largest absolute Gasteiger partial charge is 0.490 e. The van der Waals surface area contributed by atoms with Crippen LogP contribution in [0.2, 0.25) is 0 Å². The van der Waals surface area contributed by atoms with E-state index in [0.717, 1.165) is 32.0 Å². The predicted molar refractivity (Wildman–Crippen MR) is 99.5 cm³/mol. The molecular weight excluding hydrogens is 409 g/mol. The van der Waals surface area contributed by atoms with Gasteiger partial charge in [-0.3, -0.25) is 9.58 Å². The lowest BCUT2D eigenvalue weighted by Gasteiger charge is -2.35. The van der Waals surface area contributed by atoms with Crippen molar-refractivity contribution in [2.45, 2.75) is 44.6 Å². The number of carboxylic acid groups (broad SMARTS) is 1. The number of ether oxygens (including phenoxy) is 1. The molecule has 1 saturated carbocycles. The van der Waals surface area contributed by atoms with Gasteiger partial charge in [0.25, 0.3) is 0 Å². The Labute approximate surface area is 170 Å². The summed E-state index contributed by atoms with van der Waals surface area (Å²) in [6, 6.07) is 0.291. The number of hydrogen-bond acceptors (Lipinski definition) is 6. The van der Waals surface area contributed by atoms with E-state index < -0.39 is 12.1 Å². The van der Waals surface area contributed by atoms with Gasteiger partial charge in [-0.2, -0.15) is 18.3 Å². The van der Waals surface area contributed by atoms with E-state index in [1.165, 1.54) is 29.1 Å². The lowest BCUT2D eigenvalue weighted by Crippen LogP contribution is -2.38. The zero-order chi connectivity index (χ0) is 21.0. The first-order valence-electron chi connectivity index (χ1n) is 9.25. The van der Waals surface area contributed by atoms with E-state index >= 15 is 0 Å². The summed E-state index contributed by atoms with van der Waals surface area (Å²) >= 11 is 1.73. The molecule has 1 aliphatic carbocycles. The number of thiazole rings is 1. The fourth-order valence-corrected chi connectivity index (χ4v) is 3.97. The minimum atomic E-state index is -5.08. The molecule has 2 aliphatic rings. The van der Waals surface area contributed by atoms with Crippen molar-refractivity contribution in [3.8, 4) is 0 Å². The molecule has 1 atom stereocenters. The van der Waals surface area contributed by atoms with Crippen molar-refractivity contribution in [3.05, 3.63) is 34.0 Å². The third-order valence-corrected chi connectivity index (χ3v) is 5.67. The third-order valence-electron chi connectivity index (χ3n) is 4.90. The van der Waals surface area contributed by atoms with E-state index in [0.29, 0.717) is 12.6 Å². The van der Waals surface area contributed by atoms with Crippen molar-refractivity contribution in [2.24, 2.45) is 5.92 Å². The first-order valence-corrected chi connectivity index (χ1v) is 10.1.